The van der Waals surface area contributed by atoms with Gasteiger partial charge >= 0.3 is 0 Å². The Kier molecular flexibility index (Phi) is 5.59. The van der Waals surface area contributed by atoms with Gasteiger partial charge in [0.1, 0.15) is 0 Å². The van der Waals surface area contributed by atoms with Gasteiger partial charge in [0.15, 0.2) is 11.5 Å². The number of amides is 1. The number of fused-ring (bicyclic) bond motifs is 1. The molecule has 2 aromatic carbocycles. The van der Waals surface area contributed by atoms with Crippen molar-refractivity contribution in [3.05, 3.63) is 36.4 Å². The topological polar surface area (TPSA) is 84.9 Å². The van der Waals surface area contributed by atoms with Crippen molar-refractivity contribution in [2.24, 2.45) is 5.92 Å². The molecule has 1 heterocycles. The molecule has 0 aromatic heterocycles. The van der Waals surface area contributed by atoms with Crippen molar-refractivity contribution >= 4 is 39.1 Å². The Hall–Kier alpha value is -2.39. The summed E-state index contributed by atoms with van der Waals surface area (Å²) in [7, 11) is -0.846. The molecular weight excluding hydrogens is 424 g/mol. The van der Waals surface area contributed by atoms with Crippen molar-refractivity contribution in [1.82, 2.24) is 0 Å². The molecule has 0 saturated heterocycles. The SMILES string of the molecule is COc1ccc(NS(=O)(=O)c2ccc3c(c2)N(C(=O)C2CC2)C[C@@H](C)S3)cc1OC. The second-order valence-electron chi connectivity index (χ2n) is 7.46. The number of benzene rings is 2. The lowest BCUT2D eigenvalue weighted by molar-refractivity contribution is -0.119. The lowest BCUT2D eigenvalue weighted by Crippen LogP contribution is -2.39. The van der Waals surface area contributed by atoms with Gasteiger partial charge in [-0.1, -0.05) is 6.92 Å². The van der Waals surface area contributed by atoms with Crippen LogP contribution in [-0.2, 0) is 14.8 Å². The molecule has 1 fully saturated rings. The average molecular weight is 449 g/mol. The van der Waals surface area contributed by atoms with Crippen LogP contribution in [0.1, 0.15) is 19.8 Å². The first kappa shape index (κ1) is 20.9. The molecule has 0 spiro atoms. The van der Waals surface area contributed by atoms with Crippen molar-refractivity contribution in [1.29, 1.82) is 0 Å². The maximum absolute atomic E-state index is 13.0. The number of nitrogens with one attached hydrogen (secondary N) is 1. The summed E-state index contributed by atoms with van der Waals surface area (Å²) in [5, 5.41) is 0.257. The minimum atomic E-state index is -3.85. The third kappa shape index (κ3) is 4.09. The second kappa shape index (κ2) is 8.03. The molecule has 1 atom stereocenters. The second-order valence-corrected chi connectivity index (χ2v) is 10.6. The maximum atomic E-state index is 13.0. The number of thioether (sulfide) groups is 1. The summed E-state index contributed by atoms with van der Waals surface area (Å²) in [4.78, 5) is 15.6. The van der Waals surface area contributed by atoms with Crippen molar-refractivity contribution in [3.63, 3.8) is 0 Å². The Balaban J connectivity index is 1.65. The monoisotopic (exact) mass is 448 g/mol. The first-order valence-corrected chi connectivity index (χ1v) is 12.1. The van der Waals surface area contributed by atoms with Crippen LogP contribution in [0.5, 0.6) is 11.5 Å². The van der Waals surface area contributed by atoms with Crippen LogP contribution in [0.25, 0.3) is 0 Å². The molecule has 2 aliphatic rings. The number of carbonyl (C=O) groups is 1. The molecule has 1 amide bonds. The first-order valence-electron chi connectivity index (χ1n) is 9.69. The minimum Gasteiger partial charge on any atom is -0.493 e. The minimum absolute atomic E-state index is 0.0679. The fraction of sp³-hybridized carbons (Fsp3) is 0.381. The standard InChI is InChI=1S/C21H24N2O5S2/c1-13-12-23(21(24)14-4-5-14)17-11-16(7-9-20(17)29-13)30(25,26)22-15-6-8-18(27-2)19(10-15)28-3/h6-11,13-14,22H,4-5,12H2,1-3H3/t13-/m1/s1. The van der Waals surface area contributed by atoms with E-state index in [0.29, 0.717) is 29.4 Å². The molecule has 1 aliphatic carbocycles. The molecule has 30 heavy (non-hydrogen) atoms. The number of methoxy groups -OCH3 is 2. The lowest BCUT2D eigenvalue weighted by Gasteiger charge is -2.33. The van der Waals surface area contributed by atoms with Gasteiger partial charge in [-0.2, -0.15) is 0 Å². The van der Waals surface area contributed by atoms with Crippen molar-refractivity contribution in [3.8, 4) is 11.5 Å². The first-order chi connectivity index (χ1) is 14.3. The van der Waals surface area contributed by atoms with E-state index in [-0.39, 0.29) is 22.0 Å². The van der Waals surface area contributed by atoms with E-state index in [2.05, 4.69) is 11.6 Å². The van der Waals surface area contributed by atoms with Crippen molar-refractivity contribution in [2.45, 2.75) is 34.8 Å². The molecule has 1 saturated carbocycles. The van der Waals surface area contributed by atoms with Gasteiger partial charge in [0, 0.05) is 28.7 Å². The highest BCUT2D eigenvalue weighted by Gasteiger charge is 2.37. The van der Waals surface area contributed by atoms with Crippen LogP contribution in [0.3, 0.4) is 0 Å². The fourth-order valence-electron chi connectivity index (χ4n) is 3.46. The summed E-state index contributed by atoms with van der Waals surface area (Å²) in [6, 6.07) is 9.76. The molecule has 9 heteroatoms. The van der Waals surface area contributed by atoms with Crippen LogP contribution in [0.4, 0.5) is 11.4 Å². The van der Waals surface area contributed by atoms with Crippen LogP contribution < -0.4 is 19.1 Å². The van der Waals surface area contributed by atoms with E-state index in [0.717, 1.165) is 17.7 Å². The summed E-state index contributed by atoms with van der Waals surface area (Å²) < 4.78 is 39.1. The summed E-state index contributed by atoms with van der Waals surface area (Å²) >= 11 is 1.66. The van der Waals surface area contributed by atoms with E-state index < -0.39 is 10.0 Å². The zero-order valence-corrected chi connectivity index (χ0v) is 18.7. The summed E-state index contributed by atoms with van der Waals surface area (Å²) in [5.74, 6) is 1.09. The zero-order valence-electron chi connectivity index (χ0n) is 17.0. The normalized spacial score (nSPS) is 18.5. The number of ether oxygens (including phenoxy) is 2. The number of rotatable bonds is 6. The quantitative estimate of drug-likeness (QED) is 0.725. The number of sulfonamides is 1. The van der Waals surface area contributed by atoms with Gasteiger partial charge in [0.25, 0.3) is 10.0 Å². The molecule has 4 rings (SSSR count). The molecule has 1 aliphatic heterocycles. The van der Waals surface area contributed by atoms with Crippen LogP contribution >= 0.6 is 11.8 Å². The smallest absolute Gasteiger partial charge is 0.261 e. The molecule has 0 radical (unpaired) electrons. The van der Waals surface area contributed by atoms with E-state index >= 15 is 0 Å². The Bertz CT molecular complexity index is 1080. The predicted octanol–water partition coefficient (Wildman–Crippen LogP) is 3.74. The van der Waals surface area contributed by atoms with Gasteiger partial charge in [-0.3, -0.25) is 9.52 Å². The van der Waals surface area contributed by atoms with E-state index in [1.807, 2.05) is 0 Å². The number of carbonyl (C=O) groups excluding carboxylic acids is 1. The molecule has 1 N–H and O–H groups in total. The molecule has 160 valence electrons. The maximum Gasteiger partial charge on any atom is 0.261 e. The van der Waals surface area contributed by atoms with E-state index in [1.165, 1.54) is 14.2 Å². The summed E-state index contributed by atoms with van der Waals surface area (Å²) in [5.41, 5.74) is 1.03. The van der Waals surface area contributed by atoms with Gasteiger partial charge in [0.05, 0.1) is 30.5 Å². The summed E-state index contributed by atoms with van der Waals surface area (Å²) in [6.07, 6.45) is 1.82. The van der Waals surface area contributed by atoms with E-state index in [1.54, 1.807) is 53.1 Å². The zero-order chi connectivity index (χ0) is 21.5. The number of hydrogen-bond acceptors (Lipinski definition) is 6. The highest BCUT2D eigenvalue weighted by Crippen LogP contribution is 2.43. The number of hydrogen-bond donors (Lipinski definition) is 1. The molecule has 7 nitrogen and oxygen atoms in total. The Morgan fingerprint density at radius 2 is 1.83 bits per heavy atom. The Morgan fingerprint density at radius 1 is 1.10 bits per heavy atom. The van der Waals surface area contributed by atoms with Gasteiger partial charge in [0.2, 0.25) is 5.91 Å². The van der Waals surface area contributed by atoms with Crippen LogP contribution in [0, 0.1) is 5.92 Å². The Labute approximate surface area is 180 Å². The van der Waals surface area contributed by atoms with Crippen molar-refractivity contribution < 1.29 is 22.7 Å². The van der Waals surface area contributed by atoms with Gasteiger partial charge in [-0.15, -0.1) is 11.8 Å². The van der Waals surface area contributed by atoms with Crippen LogP contribution in [-0.4, -0.2) is 40.3 Å². The van der Waals surface area contributed by atoms with Gasteiger partial charge in [-0.05, 0) is 43.2 Å². The van der Waals surface area contributed by atoms with Crippen LogP contribution in [0.15, 0.2) is 46.2 Å². The number of nitrogens with zero attached hydrogens (tertiary/aromatic N) is 1. The molecular formula is C21H24N2O5S2. The highest BCUT2D eigenvalue weighted by molar-refractivity contribution is 8.00. The highest BCUT2D eigenvalue weighted by atomic mass is 32.2. The third-order valence-electron chi connectivity index (χ3n) is 5.13. The van der Waals surface area contributed by atoms with E-state index in [4.69, 9.17) is 9.47 Å². The third-order valence-corrected chi connectivity index (χ3v) is 7.66. The predicted molar refractivity (Wildman–Crippen MR) is 117 cm³/mol. The van der Waals surface area contributed by atoms with Crippen LogP contribution in [0.2, 0.25) is 0 Å². The van der Waals surface area contributed by atoms with Gasteiger partial charge in [-0.25, -0.2) is 8.42 Å². The largest absolute Gasteiger partial charge is 0.493 e. The number of anilines is 2. The summed E-state index contributed by atoms with van der Waals surface area (Å²) in [6.45, 7) is 2.66. The van der Waals surface area contributed by atoms with Crippen molar-refractivity contribution in [2.75, 3.05) is 30.4 Å². The lowest BCUT2D eigenvalue weighted by atomic mass is 10.2. The molecule has 2 aromatic rings. The van der Waals surface area contributed by atoms with E-state index in [9.17, 15) is 13.2 Å². The molecule has 0 bridgehead atoms. The van der Waals surface area contributed by atoms with Gasteiger partial charge < -0.3 is 14.4 Å². The Morgan fingerprint density at radius 3 is 2.50 bits per heavy atom. The fourth-order valence-corrected chi connectivity index (χ4v) is 5.62. The average Bonchev–Trinajstić information content (AvgIpc) is 3.57. The molecule has 0 unspecified atom stereocenters.